The molecule has 0 saturated heterocycles. The molecule has 2 amide bonds. The minimum absolute atomic E-state index is 0.0359. The fraction of sp³-hybridized carbons (Fsp3) is 0.333. The highest BCUT2D eigenvalue weighted by molar-refractivity contribution is 7.92. The number of hydrogen-bond acceptors (Lipinski definition) is 5. The number of nitrogens with one attached hydrogen (secondary N) is 1. The molecule has 8 nitrogen and oxygen atoms in total. The number of carbonyl (C=O) groups excluding carboxylic acids is 2. The summed E-state index contributed by atoms with van der Waals surface area (Å²) in [7, 11) is -2.75. The Hall–Kier alpha value is -3.56. The smallest absolute Gasteiger partial charge is 0.264 e. The van der Waals surface area contributed by atoms with Crippen molar-refractivity contribution in [1.82, 2.24) is 10.2 Å². The van der Waals surface area contributed by atoms with Crippen molar-refractivity contribution < 1.29 is 22.7 Å². The lowest BCUT2D eigenvalue weighted by molar-refractivity contribution is -0.140. The molecule has 0 radical (unpaired) electrons. The van der Waals surface area contributed by atoms with Crippen LogP contribution in [0.4, 0.5) is 5.69 Å². The monoisotopic (exact) mass is 585 g/mol. The van der Waals surface area contributed by atoms with Gasteiger partial charge in [0.2, 0.25) is 11.8 Å². The Balaban J connectivity index is 2.08. The number of ether oxygens (including phenoxy) is 1. The van der Waals surface area contributed by atoms with Crippen molar-refractivity contribution in [1.29, 1.82) is 0 Å². The van der Waals surface area contributed by atoms with Crippen molar-refractivity contribution in [2.45, 2.75) is 51.1 Å². The van der Waals surface area contributed by atoms with Gasteiger partial charge in [0, 0.05) is 18.1 Å². The molecular formula is C30H36ClN3O5S. The lowest BCUT2D eigenvalue weighted by Crippen LogP contribution is -2.52. The van der Waals surface area contributed by atoms with Crippen LogP contribution in [0.3, 0.4) is 0 Å². The van der Waals surface area contributed by atoms with Crippen molar-refractivity contribution >= 4 is 39.1 Å². The van der Waals surface area contributed by atoms with Crippen LogP contribution in [0.15, 0.2) is 77.7 Å². The van der Waals surface area contributed by atoms with E-state index in [9.17, 15) is 18.0 Å². The molecule has 1 N–H and O–H groups in total. The Bertz CT molecular complexity index is 1400. The zero-order valence-electron chi connectivity index (χ0n) is 23.3. The molecule has 10 heteroatoms. The van der Waals surface area contributed by atoms with Crippen LogP contribution in [0.2, 0.25) is 5.02 Å². The fourth-order valence-corrected chi connectivity index (χ4v) is 5.81. The van der Waals surface area contributed by atoms with E-state index in [1.165, 1.54) is 24.1 Å². The van der Waals surface area contributed by atoms with E-state index in [1.54, 1.807) is 60.7 Å². The Kier molecular flexibility index (Phi) is 11.0. The van der Waals surface area contributed by atoms with Crippen LogP contribution in [0.1, 0.15) is 37.8 Å². The highest BCUT2D eigenvalue weighted by atomic mass is 35.5. The molecule has 0 fully saturated rings. The quantitative estimate of drug-likeness (QED) is 0.298. The third-order valence-corrected chi connectivity index (χ3v) is 8.47. The Labute approximate surface area is 241 Å². The van der Waals surface area contributed by atoms with Gasteiger partial charge in [-0.2, -0.15) is 0 Å². The van der Waals surface area contributed by atoms with E-state index in [0.29, 0.717) is 23.7 Å². The van der Waals surface area contributed by atoms with Crippen molar-refractivity contribution in [3.05, 3.63) is 88.9 Å². The van der Waals surface area contributed by atoms with Crippen molar-refractivity contribution in [2.24, 2.45) is 0 Å². The van der Waals surface area contributed by atoms with Gasteiger partial charge < -0.3 is 15.0 Å². The summed E-state index contributed by atoms with van der Waals surface area (Å²) >= 11 is 6.06. The van der Waals surface area contributed by atoms with E-state index in [0.717, 1.165) is 21.9 Å². The predicted molar refractivity (Wildman–Crippen MR) is 158 cm³/mol. The summed E-state index contributed by atoms with van der Waals surface area (Å²) in [6, 6.07) is 19.2. The maximum Gasteiger partial charge on any atom is 0.264 e. The maximum absolute atomic E-state index is 14.1. The molecule has 0 bridgehead atoms. The molecule has 0 aromatic heterocycles. The average Bonchev–Trinajstić information content (AvgIpc) is 2.95. The number of benzene rings is 3. The van der Waals surface area contributed by atoms with Gasteiger partial charge in [0.15, 0.2) is 0 Å². The lowest BCUT2D eigenvalue weighted by Gasteiger charge is -2.33. The van der Waals surface area contributed by atoms with E-state index in [-0.39, 0.29) is 23.0 Å². The molecule has 0 aliphatic heterocycles. The third kappa shape index (κ3) is 7.55. The molecule has 214 valence electrons. The van der Waals surface area contributed by atoms with Crippen molar-refractivity contribution in [2.75, 3.05) is 24.5 Å². The van der Waals surface area contributed by atoms with Crippen LogP contribution in [-0.2, 0) is 26.2 Å². The second-order valence-electron chi connectivity index (χ2n) is 9.36. The molecule has 3 aromatic rings. The molecule has 3 rings (SSSR count). The molecule has 0 aliphatic carbocycles. The van der Waals surface area contributed by atoms with Crippen LogP contribution >= 0.6 is 11.6 Å². The summed E-state index contributed by atoms with van der Waals surface area (Å²) in [5.74, 6) is -0.532. The van der Waals surface area contributed by atoms with Gasteiger partial charge >= 0.3 is 0 Å². The number of sulfonamides is 1. The first-order valence-corrected chi connectivity index (χ1v) is 15.0. The summed E-state index contributed by atoms with van der Waals surface area (Å²) in [5, 5.41) is 3.41. The van der Waals surface area contributed by atoms with Gasteiger partial charge in [-0.05, 0) is 61.7 Å². The number of nitrogens with zero attached hydrogens (tertiary/aromatic N) is 2. The fourth-order valence-electron chi connectivity index (χ4n) is 4.26. The van der Waals surface area contributed by atoms with E-state index in [1.807, 2.05) is 20.8 Å². The molecule has 40 heavy (non-hydrogen) atoms. The van der Waals surface area contributed by atoms with Gasteiger partial charge in [-0.3, -0.25) is 13.9 Å². The topological polar surface area (TPSA) is 96.0 Å². The number of rotatable bonds is 13. The summed E-state index contributed by atoms with van der Waals surface area (Å²) in [4.78, 5) is 28.7. The van der Waals surface area contributed by atoms with E-state index >= 15 is 0 Å². The van der Waals surface area contributed by atoms with Crippen LogP contribution in [0.5, 0.6) is 5.75 Å². The highest BCUT2D eigenvalue weighted by Gasteiger charge is 2.34. The van der Waals surface area contributed by atoms with Crippen LogP contribution < -0.4 is 14.4 Å². The Morgan fingerprint density at radius 3 is 2.23 bits per heavy atom. The SMILES string of the molecule is CCCNC(=O)[C@H](CC)N(Cc1ccc(Cl)cc1)C(=O)CN(c1ccccc1OC)S(=O)(=O)c1ccc(C)cc1. The standard InChI is InChI=1S/C30H36ClN3O5S/c1-5-19-32-30(36)26(6-2)33(20-23-13-15-24(31)16-14-23)29(35)21-34(27-9-7-8-10-28(27)39-4)40(37,38)25-17-11-22(3)12-18-25/h7-18,26H,5-6,19-21H2,1-4H3,(H,32,36)/t26-/m0/s1. The molecule has 0 aliphatic rings. The number of para-hydroxylation sites is 2. The zero-order chi connectivity index (χ0) is 29.3. The summed E-state index contributed by atoms with van der Waals surface area (Å²) < 4.78 is 34.5. The number of anilines is 1. The number of methoxy groups -OCH3 is 1. The summed E-state index contributed by atoms with van der Waals surface area (Å²) in [5.41, 5.74) is 1.87. The van der Waals surface area contributed by atoms with Gasteiger partial charge in [0.25, 0.3) is 10.0 Å². The van der Waals surface area contributed by atoms with Gasteiger partial charge in [0.05, 0.1) is 17.7 Å². The average molecular weight is 586 g/mol. The van der Waals surface area contributed by atoms with Crippen LogP contribution in [-0.4, -0.2) is 51.4 Å². The molecule has 0 heterocycles. The van der Waals surface area contributed by atoms with Gasteiger partial charge in [-0.15, -0.1) is 0 Å². The van der Waals surface area contributed by atoms with Gasteiger partial charge in [-0.1, -0.05) is 67.4 Å². The van der Waals surface area contributed by atoms with Crippen LogP contribution in [0, 0.1) is 6.92 Å². The number of hydrogen-bond donors (Lipinski definition) is 1. The first-order chi connectivity index (χ1) is 19.1. The molecule has 0 unspecified atom stereocenters. The second kappa shape index (κ2) is 14.2. The van der Waals surface area contributed by atoms with Crippen LogP contribution in [0.25, 0.3) is 0 Å². The normalized spacial score (nSPS) is 11.9. The number of carbonyl (C=O) groups is 2. The third-order valence-electron chi connectivity index (χ3n) is 6.44. The first kappa shape index (κ1) is 31.0. The minimum Gasteiger partial charge on any atom is -0.495 e. The van der Waals surface area contributed by atoms with E-state index < -0.39 is 28.5 Å². The maximum atomic E-state index is 14.1. The van der Waals surface area contributed by atoms with E-state index in [4.69, 9.17) is 16.3 Å². The predicted octanol–water partition coefficient (Wildman–Crippen LogP) is 5.19. The molecule has 1 atom stereocenters. The minimum atomic E-state index is -4.19. The second-order valence-corrected chi connectivity index (χ2v) is 11.7. The summed E-state index contributed by atoms with van der Waals surface area (Å²) in [6.45, 7) is 5.65. The molecule has 0 saturated carbocycles. The Morgan fingerprint density at radius 1 is 0.975 bits per heavy atom. The molecular weight excluding hydrogens is 550 g/mol. The Morgan fingerprint density at radius 2 is 1.62 bits per heavy atom. The molecule has 3 aromatic carbocycles. The largest absolute Gasteiger partial charge is 0.495 e. The number of aryl methyl sites for hydroxylation is 1. The van der Waals surface area contributed by atoms with Crippen molar-refractivity contribution in [3.63, 3.8) is 0 Å². The lowest BCUT2D eigenvalue weighted by atomic mass is 10.1. The molecule has 0 spiro atoms. The summed E-state index contributed by atoms with van der Waals surface area (Å²) in [6.07, 6.45) is 1.08. The number of amides is 2. The van der Waals surface area contributed by atoms with E-state index in [2.05, 4.69) is 5.32 Å². The highest BCUT2D eigenvalue weighted by Crippen LogP contribution is 2.32. The van der Waals surface area contributed by atoms with Gasteiger partial charge in [0.1, 0.15) is 18.3 Å². The van der Waals surface area contributed by atoms with Crippen molar-refractivity contribution in [3.8, 4) is 5.75 Å². The first-order valence-electron chi connectivity index (χ1n) is 13.2. The zero-order valence-corrected chi connectivity index (χ0v) is 24.8. The number of halogens is 1. The van der Waals surface area contributed by atoms with Gasteiger partial charge in [-0.25, -0.2) is 8.42 Å².